The van der Waals surface area contributed by atoms with E-state index in [1.807, 2.05) is 19.0 Å². The lowest BCUT2D eigenvalue weighted by molar-refractivity contribution is -0.0328. The Morgan fingerprint density at radius 2 is 1.95 bits per heavy atom. The van der Waals surface area contributed by atoms with Gasteiger partial charge in [0.1, 0.15) is 0 Å². The van der Waals surface area contributed by atoms with Gasteiger partial charge >= 0.3 is 5.51 Å². The van der Waals surface area contributed by atoms with Gasteiger partial charge in [-0.05, 0) is 57.0 Å². The molecule has 0 fully saturated rings. The number of primary sulfonamides is 1. The number of nitrogens with two attached hydrogens (primary N) is 1. The molecule has 0 aromatic heterocycles. The van der Waals surface area contributed by atoms with Gasteiger partial charge in [0.05, 0.1) is 4.90 Å². The number of halogens is 3. The van der Waals surface area contributed by atoms with Crippen molar-refractivity contribution >= 4 is 27.5 Å². The third-order valence-electron chi connectivity index (χ3n) is 2.60. The number of nitrogens with one attached hydrogen (secondary N) is 1. The van der Waals surface area contributed by atoms with Gasteiger partial charge in [-0.2, -0.15) is 13.2 Å². The third-order valence-corrected chi connectivity index (χ3v) is 4.30. The van der Waals surface area contributed by atoms with Crippen LogP contribution in [-0.2, 0) is 10.0 Å². The molecule has 0 saturated heterocycles. The van der Waals surface area contributed by atoms with E-state index in [-0.39, 0.29) is 27.2 Å². The van der Waals surface area contributed by atoms with Crippen molar-refractivity contribution in [2.45, 2.75) is 21.7 Å². The minimum Gasteiger partial charge on any atom is -0.384 e. The van der Waals surface area contributed by atoms with Gasteiger partial charge in [0.2, 0.25) is 10.0 Å². The Balaban J connectivity index is 2.95. The van der Waals surface area contributed by atoms with E-state index in [4.69, 9.17) is 5.14 Å². The number of alkyl halides is 3. The average Bonchev–Trinajstić information content (AvgIpc) is 2.32. The van der Waals surface area contributed by atoms with Crippen molar-refractivity contribution in [3.63, 3.8) is 0 Å². The van der Waals surface area contributed by atoms with Gasteiger partial charge < -0.3 is 10.2 Å². The van der Waals surface area contributed by atoms with Crippen LogP contribution in [0, 0.1) is 0 Å². The van der Waals surface area contributed by atoms with Crippen molar-refractivity contribution in [3.8, 4) is 0 Å². The summed E-state index contributed by atoms with van der Waals surface area (Å²) in [6.07, 6.45) is 0.736. The van der Waals surface area contributed by atoms with E-state index in [9.17, 15) is 21.6 Å². The number of hydrogen-bond acceptors (Lipinski definition) is 5. The summed E-state index contributed by atoms with van der Waals surface area (Å²) in [6.45, 7) is 1.25. The summed E-state index contributed by atoms with van der Waals surface area (Å²) in [6, 6.07) is 3.41. The maximum absolute atomic E-state index is 12.6. The van der Waals surface area contributed by atoms with E-state index in [1.165, 1.54) is 12.1 Å². The highest BCUT2D eigenvalue weighted by Crippen LogP contribution is 2.41. The Morgan fingerprint density at radius 1 is 1.32 bits per heavy atom. The third kappa shape index (κ3) is 6.86. The molecule has 22 heavy (non-hydrogen) atoms. The van der Waals surface area contributed by atoms with E-state index in [0.717, 1.165) is 19.0 Å². The maximum Gasteiger partial charge on any atom is 0.446 e. The van der Waals surface area contributed by atoms with Gasteiger partial charge in [0.15, 0.2) is 0 Å². The summed E-state index contributed by atoms with van der Waals surface area (Å²) in [5.41, 5.74) is -4.29. The summed E-state index contributed by atoms with van der Waals surface area (Å²) < 4.78 is 60.3. The lowest BCUT2D eigenvalue weighted by Crippen LogP contribution is -2.17. The van der Waals surface area contributed by atoms with Crippen LogP contribution in [0.1, 0.15) is 6.42 Å². The minimum absolute atomic E-state index is 0.219. The molecule has 0 aliphatic rings. The molecule has 0 saturated carbocycles. The summed E-state index contributed by atoms with van der Waals surface area (Å²) in [5.74, 6) is 0. The summed E-state index contributed by atoms with van der Waals surface area (Å²) in [5, 5.41) is 7.84. The van der Waals surface area contributed by atoms with Crippen molar-refractivity contribution in [1.82, 2.24) is 4.90 Å². The van der Waals surface area contributed by atoms with Crippen LogP contribution < -0.4 is 10.5 Å². The Kier molecular flexibility index (Phi) is 6.53. The summed E-state index contributed by atoms with van der Waals surface area (Å²) in [7, 11) is -0.260. The van der Waals surface area contributed by atoms with Crippen molar-refractivity contribution in [1.29, 1.82) is 0 Å². The van der Waals surface area contributed by atoms with E-state index < -0.39 is 15.5 Å². The number of hydrogen-bond donors (Lipinski definition) is 2. The smallest absolute Gasteiger partial charge is 0.384 e. The quantitative estimate of drug-likeness (QED) is 0.579. The molecular weight excluding hydrogens is 339 g/mol. The van der Waals surface area contributed by atoms with Crippen LogP contribution in [-0.4, -0.2) is 46.0 Å². The molecule has 0 radical (unpaired) electrons. The first-order valence-electron chi connectivity index (χ1n) is 6.30. The number of thioether (sulfide) groups is 1. The zero-order chi connectivity index (χ0) is 17.0. The van der Waals surface area contributed by atoms with Gasteiger partial charge in [-0.25, -0.2) is 13.6 Å². The van der Waals surface area contributed by atoms with Crippen LogP contribution in [0.5, 0.6) is 0 Å². The number of nitrogens with zero attached hydrogens (tertiary/aromatic N) is 1. The minimum atomic E-state index is -4.52. The van der Waals surface area contributed by atoms with Gasteiger partial charge in [-0.3, -0.25) is 0 Å². The molecule has 0 unspecified atom stereocenters. The Labute approximate surface area is 132 Å². The van der Waals surface area contributed by atoms with Crippen LogP contribution >= 0.6 is 11.8 Å². The number of rotatable bonds is 7. The van der Waals surface area contributed by atoms with Gasteiger partial charge in [-0.15, -0.1) is 0 Å². The molecule has 0 bridgehead atoms. The summed E-state index contributed by atoms with van der Waals surface area (Å²) >= 11 is -0.371. The second-order valence-corrected chi connectivity index (χ2v) is 7.50. The van der Waals surface area contributed by atoms with Crippen molar-refractivity contribution in [2.75, 3.05) is 32.5 Å². The highest BCUT2D eigenvalue weighted by atomic mass is 32.2. The highest BCUT2D eigenvalue weighted by Gasteiger charge is 2.31. The lowest BCUT2D eigenvalue weighted by Gasteiger charge is -2.15. The molecule has 0 heterocycles. The molecule has 0 aliphatic carbocycles. The van der Waals surface area contributed by atoms with E-state index >= 15 is 0 Å². The molecule has 3 N–H and O–H groups in total. The first-order chi connectivity index (χ1) is 9.99. The molecule has 1 aromatic rings. The molecule has 126 valence electrons. The van der Waals surface area contributed by atoms with E-state index in [0.29, 0.717) is 6.54 Å². The maximum atomic E-state index is 12.6. The van der Waals surface area contributed by atoms with Gasteiger partial charge in [0, 0.05) is 17.1 Å². The predicted octanol–water partition coefficient (Wildman–Crippen LogP) is 2.31. The zero-order valence-corrected chi connectivity index (χ0v) is 13.8. The van der Waals surface area contributed by atoms with Crippen molar-refractivity contribution in [2.24, 2.45) is 5.14 Å². The second kappa shape index (κ2) is 7.53. The van der Waals surface area contributed by atoms with Gasteiger partial charge in [0.25, 0.3) is 0 Å². The van der Waals surface area contributed by atoms with Gasteiger partial charge in [-0.1, -0.05) is 0 Å². The Hall–Kier alpha value is -0.970. The molecule has 0 atom stereocenters. The first-order valence-corrected chi connectivity index (χ1v) is 8.66. The number of anilines is 1. The predicted molar refractivity (Wildman–Crippen MR) is 81.4 cm³/mol. The average molecular weight is 357 g/mol. The second-order valence-electron chi connectivity index (χ2n) is 4.83. The molecule has 1 rings (SSSR count). The molecule has 0 aliphatic heterocycles. The fourth-order valence-electron chi connectivity index (χ4n) is 1.65. The van der Waals surface area contributed by atoms with Crippen LogP contribution in [0.2, 0.25) is 0 Å². The molecule has 0 spiro atoms. The monoisotopic (exact) mass is 357 g/mol. The van der Waals surface area contributed by atoms with Crippen LogP contribution in [0.4, 0.5) is 18.9 Å². The first kappa shape index (κ1) is 19.1. The number of sulfonamides is 1. The Bertz CT molecular complexity index is 604. The van der Waals surface area contributed by atoms with Crippen LogP contribution in [0.25, 0.3) is 0 Å². The van der Waals surface area contributed by atoms with Crippen molar-refractivity contribution in [3.05, 3.63) is 18.2 Å². The SMILES string of the molecule is CN(C)CCCNc1ccc(S(N)(=O)=O)cc1SC(F)(F)F. The largest absolute Gasteiger partial charge is 0.446 e. The van der Waals surface area contributed by atoms with Crippen LogP contribution in [0.3, 0.4) is 0 Å². The highest BCUT2D eigenvalue weighted by molar-refractivity contribution is 8.00. The van der Waals surface area contributed by atoms with Crippen molar-refractivity contribution < 1.29 is 21.6 Å². The molecule has 1 aromatic carbocycles. The van der Waals surface area contributed by atoms with Crippen LogP contribution in [0.15, 0.2) is 28.0 Å². The topological polar surface area (TPSA) is 75.4 Å². The molecular formula is C12H18F3N3O2S2. The summed E-state index contributed by atoms with van der Waals surface area (Å²) in [4.78, 5) is 1.39. The fourth-order valence-corrected chi connectivity index (χ4v) is 2.95. The lowest BCUT2D eigenvalue weighted by atomic mass is 10.3. The molecule has 10 heteroatoms. The zero-order valence-electron chi connectivity index (χ0n) is 12.1. The fraction of sp³-hybridized carbons (Fsp3) is 0.500. The molecule has 5 nitrogen and oxygen atoms in total. The molecule has 0 amide bonds. The van der Waals surface area contributed by atoms with E-state index in [1.54, 1.807) is 0 Å². The Morgan fingerprint density at radius 3 is 2.45 bits per heavy atom. The standard InChI is InChI=1S/C12H18F3N3O2S2/c1-18(2)7-3-6-17-10-5-4-9(22(16,19)20)8-11(10)21-12(13,14)15/h4-5,8,17H,3,6-7H2,1-2H3,(H2,16,19,20). The normalized spacial score (nSPS) is 12.7. The number of benzene rings is 1. The van der Waals surface area contributed by atoms with E-state index in [2.05, 4.69) is 5.32 Å².